The van der Waals surface area contributed by atoms with Crippen LogP contribution >= 0.6 is 0 Å². The summed E-state index contributed by atoms with van der Waals surface area (Å²) in [6, 6.07) is 0. The minimum atomic E-state index is 0.261. The van der Waals surface area contributed by atoms with E-state index in [0.29, 0.717) is 13.2 Å². The Balaban J connectivity index is 2.65. The molecule has 4 heteroatoms. The van der Waals surface area contributed by atoms with Crippen molar-refractivity contribution in [2.45, 2.75) is 0 Å². The van der Waals surface area contributed by atoms with Crippen molar-refractivity contribution in [3.63, 3.8) is 0 Å². The summed E-state index contributed by atoms with van der Waals surface area (Å²) in [6.45, 7) is 1.68. The summed E-state index contributed by atoms with van der Waals surface area (Å²) >= 11 is 0. The summed E-state index contributed by atoms with van der Waals surface area (Å²) in [4.78, 5) is 0. The van der Waals surface area contributed by atoms with Gasteiger partial charge < -0.3 is 18.9 Å². The molecule has 0 radical (unpaired) electrons. The number of methoxy groups -OCH3 is 2. The highest BCUT2D eigenvalue weighted by Crippen LogP contribution is 1.78. The highest BCUT2D eigenvalue weighted by molar-refractivity contribution is 4.20. The minimum absolute atomic E-state index is 0.261. The fourth-order valence-corrected chi connectivity index (χ4v) is 0.377. The van der Waals surface area contributed by atoms with Crippen molar-refractivity contribution in [3.05, 3.63) is 0 Å². The summed E-state index contributed by atoms with van der Waals surface area (Å²) in [5.41, 5.74) is 0. The van der Waals surface area contributed by atoms with E-state index in [2.05, 4.69) is 4.74 Å². The second kappa shape index (κ2) is 8.84. The summed E-state index contributed by atoms with van der Waals surface area (Å²) in [7, 11) is 3.19. The maximum atomic E-state index is 4.95. The topological polar surface area (TPSA) is 36.9 Å². The first kappa shape index (κ1) is 9.84. The monoisotopic (exact) mass is 150 g/mol. The van der Waals surface area contributed by atoms with Gasteiger partial charge in [-0.2, -0.15) is 0 Å². The Kier molecular flexibility index (Phi) is 8.70. The number of ether oxygens (including phenoxy) is 4. The molecule has 0 saturated carbocycles. The summed E-state index contributed by atoms with van der Waals surface area (Å²) in [5.74, 6) is 0. The third-order valence-electron chi connectivity index (χ3n) is 0.800. The van der Waals surface area contributed by atoms with Gasteiger partial charge in [0.15, 0.2) is 0 Å². The van der Waals surface area contributed by atoms with Crippen LogP contribution in [0.2, 0.25) is 0 Å². The molecule has 0 aromatic carbocycles. The van der Waals surface area contributed by atoms with Crippen LogP contribution in [0, 0.1) is 0 Å². The molecule has 0 atom stereocenters. The van der Waals surface area contributed by atoms with Crippen LogP contribution in [0.3, 0.4) is 0 Å². The van der Waals surface area contributed by atoms with E-state index in [4.69, 9.17) is 14.2 Å². The Hall–Kier alpha value is -0.160. The van der Waals surface area contributed by atoms with Crippen LogP contribution in [-0.2, 0) is 18.9 Å². The van der Waals surface area contributed by atoms with Crippen molar-refractivity contribution in [3.8, 4) is 0 Å². The van der Waals surface area contributed by atoms with Crippen molar-refractivity contribution in [2.75, 3.05) is 41.0 Å². The Bertz CT molecular complexity index is 49.7. The molecule has 0 saturated heterocycles. The predicted octanol–water partition coefficient (Wildman–Crippen LogP) is 0.227. The van der Waals surface area contributed by atoms with E-state index >= 15 is 0 Å². The van der Waals surface area contributed by atoms with Gasteiger partial charge in [-0.05, 0) is 0 Å². The van der Waals surface area contributed by atoms with E-state index in [1.165, 1.54) is 0 Å². The first-order valence-corrected chi connectivity index (χ1v) is 3.05. The van der Waals surface area contributed by atoms with E-state index in [1.54, 1.807) is 14.2 Å². The van der Waals surface area contributed by atoms with E-state index in [-0.39, 0.29) is 13.6 Å². The van der Waals surface area contributed by atoms with Gasteiger partial charge in [0.25, 0.3) is 0 Å². The van der Waals surface area contributed by atoms with Gasteiger partial charge >= 0.3 is 0 Å². The van der Waals surface area contributed by atoms with Crippen LogP contribution in [0.5, 0.6) is 0 Å². The van der Waals surface area contributed by atoms with Gasteiger partial charge in [-0.3, -0.25) is 0 Å². The second-order valence-electron chi connectivity index (χ2n) is 1.63. The van der Waals surface area contributed by atoms with E-state index < -0.39 is 0 Å². The van der Waals surface area contributed by atoms with Crippen LogP contribution in [0.15, 0.2) is 0 Å². The summed E-state index contributed by atoms with van der Waals surface area (Å²) in [5, 5.41) is 0. The van der Waals surface area contributed by atoms with E-state index in [0.717, 1.165) is 0 Å². The largest absolute Gasteiger partial charge is 0.382 e. The molecule has 0 rings (SSSR count). The number of hydrogen-bond acceptors (Lipinski definition) is 4. The van der Waals surface area contributed by atoms with Gasteiger partial charge in [-0.15, -0.1) is 0 Å². The standard InChI is InChI=1S/C6H14O4/c1-7-3-4-9-6-10-5-8-2/h3-6H2,1-2H3. The smallest absolute Gasteiger partial charge is 0.149 e. The molecule has 0 aliphatic heterocycles. The molecule has 10 heavy (non-hydrogen) atoms. The third kappa shape index (κ3) is 7.84. The van der Waals surface area contributed by atoms with Crippen LogP contribution in [-0.4, -0.2) is 41.0 Å². The van der Waals surface area contributed by atoms with Crippen LogP contribution in [0.4, 0.5) is 0 Å². The molecule has 62 valence electrons. The molecular formula is C6H14O4. The Morgan fingerprint density at radius 3 is 2.20 bits per heavy atom. The molecule has 0 unspecified atom stereocenters. The van der Waals surface area contributed by atoms with Gasteiger partial charge in [0, 0.05) is 14.2 Å². The van der Waals surface area contributed by atoms with Crippen LogP contribution in [0.1, 0.15) is 0 Å². The lowest BCUT2D eigenvalue weighted by Crippen LogP contribution is -2.06. The van der Waals surface area contributed by atoms with Gasteiger partial charge in [0.05, 0.1) is 13.2 Å². The molecule has 0 aromatic heterocycles. The summed E-state index contributed by atoms with van der Waals surface area (Å²) < 4.78 is 19.1. The molecule has 0 amide bonds. The van der Waals surface area contributed by atoms with E-state index in [1.807, 2.05) is 0 Å². The second-order valence-corrected chi connectivity index (χ2v) is 1.63. The van der Waals surface area contributed by atoms with E-state index in [9.17, 15) is 0 Å². The van der Waals surface area contributed by atoms with Gasteiger partial charge in [0.2, 0.25) is 0 Å². The lowest BCUT2D eigenvalue weighted by molar-refractivity contribution is -0.125. The Morgan fingerprint density at radius 1 is 0.800 bits per heavy atom. The molecule has 0 aliphatic carbocycles. The van der Waals surface area contributed by atoms with Crippen molar-refractivity contribution in [1.29, 1.82) is 0 Å². The molecule has 0 spiro atoms. The number of hydrogen-bond donors (Lipinski definition) is 0. The average molecular weight is 150 g/mol. The normalized spacial score (nSPS) is 10.2. The summed E-state index contributed by atoms with van der Waals surface area (Å²) in [6.07, 6.45) is 0. The van der Waals surface area contributed by atoms with Crippen LogP contribution < -0.4 is 0 Å². The van der Waals surface area contributed by atoms with Crippen molar-refractivity contribution in [1.82, 2.24) is 0 Å². The SMILES string of the molecule is COCCOCOCOC. The quantitative estimate of drug-likeness (QED) is 0.384. The molecule has 0 aromatic rings. The first-order valence-electron chi connectivity index (χ1n) is 3.05. The highest BCUT2D eigenvalue weighted by atomic mass is 16.7. The minimum Gasteiger partial charge on any atom is -0.382 e. The molecular weight excluding hydrogens is 136 g/mol. The fraction of sp³-hybridized carbons (Fsp3) is 1.00. The Labute approximate surface area is 61.0 Å². The Morgan fingerprint density at radius 2 is 1.60 bits per heavy atom. The zero-order valence-electron chi connectivity index (χ0n) is 6.46. The zero-order valence-corrected chi connectivity index (χ0v) is 6.46. The average Bonchev–Trinajstić information content (AvgIpc) is 1.97. The van der Waals surface area contributed by atoms with Crippen molar-refractivity contribution >= 4 is 0 Å². The van der Waals surface area contributed by atoms with Crippen LogP contribution in [0.25, 0.3) is 0 Å². The van der Waals surface area contributed by atoms with Gasteiger partial charge in [-0.1, -0.05) is 0 Å². The lowest BCUT2D eigenvalue weighted by atomic mass is 10.8. The molecule has 0 bridgehead atoms. The zero-order chi connectivity index (χ0) is 7.66. The predicted molar refractivity (Wildman–Crippen MR) is 35.7 cm³/mol. The molecule has 4 nitrogen and oxygen atoms in total. The molecule has 0 fully saturated rings. The molecule has 0 heterocycles. The third-order valence-corrected chi connectivity index (χ3v) is 0.800. The van der Waals surface area contributed by atoms with Gasteiger partial charge in [0.1, 0.15) is 13.6 Å². The maximum absolute atomic E-state index is 4.95. The molecule has 0 aliphatic rings. The van der Waals surface area contributed by atoms with Gasteiger partial charge in [-0.25, -0.2) is 0 Å². The fourth-order valence-electron chi connectivity index (χ4n) is 0.377. The lowest BCUT2D eigenvalue weighted by Gasteiger charge is -2.02. The number of rotatable bonds is 7. The first-order chi connectivity index (χ1) is 4.91. The van der Waals surface area contributed by atoms with Crippen molar-refractivity contribution < 1.29 is 18.9 Å². The maximum Gasteiger partial charge on any atom is 0.149 e. The molecule has 0 N–H and O–H groups in total. The van der Waals surface area contributed by atoms with Crippen molar-refractivity contribution in [2.24, 2.45) is 0 Å². The highest BCUT2D eigenvalue weighted by Gasteiger charge is 1.85.